The van der Waals surface area contributed by atoms with Gasteiger partial charge >= 0.3 is 0 Å². The van der Waals surface area contributed by atoms with Crippen LogP contribution >= 0.6 is 0 Å². The molecule has 0 aliphatic heterocycles. The van der Waals surface area contributed by atoms with Crippen molar-refractivity contribution in [3.63, 3.8) is 0 Å². The van der Waals surface area contributed by atoms with Crippen molar-refractivity contribution >= 4 is 11.9 Å². The first-order valence-electron chi connectivity index (χ1n) is 12.2. The molecule has 0 heterocycles. The molecule has 0 spiro atoms. The third kappa shape index (κ3) is 7.91. The van der Waals surface area contributed by atoms with Gasteiger partial charge in [-0.2, -0.15) is 5.10 Å². The highest BCUT2D eigenvalue weighted by atomic mass is 19.1. The predicted molar refractivity (Wildman–Crippen MR) is 144 cm³/mol. The van der Waals surface area contributed by atoms with Crippen molar-refractivity contribution in [3.05, 3.63) is 119 Å². The Kier molecular flexibility index (Phi) is 9.97. The fourth-order valence-corrected chi connectivity index (χ4v) is 4.01. The van der Waals surface area contributed by atoms with E-state index in [1.807, 2.05) is 36.4 Å². The van der Waals surface area contributed by atoms with Crippen LogP contribution in [0, 0.1) is 0 Å². The quantitative estimate of drug-likeness (QED) is 0.114. The van der Waals surface area contributed by atoms with E-state index < -0.39 is 6.17 Å². The van der Waals surface area contributed by atoms with E-state index in [0.717, 1.165) is 40.8 Å². The molecular formula is C31H35FN2. The Labute approximate surface area is 204 Å². The summed E-state index contributed by atoms with van der Waals surface area (Å²) in [4.78, 5) is 0. The van der Waals surface area contributed by atoms with Gasteiger partial charge in [0, 0.05) is 11.1 Å². The molecular weight excluding hydrogens is 419 g/mol. The summed E-state index contributed by atoms with van der Waals surface area (Å²) in [7, 11) is 0. The van der Waals surface area contributed by atoms with Crippen LogP contribution in [0.3, 0.4) is 0 Å². The number of nitrogens with zero attached hydrogens (tertiary/aromatic N) is 2. The van der Waals surface area contributed by atoms with Gasteiger partial charge in [0.05, 0.1) is 12.4 Å². The first-order valence-corrected chi connectivity index (χ1v) is 12.2. The van der Waals surface area contributed by atoms with Gasteiger partial charge in [0.25, 0.3) is 0 Å². The van der Waals surface area contributed by atoms with E-state index in [1.54, 1.807) is 13.1 Å². The Bertz CT molecular complexity index is 1060. The Morgan fingerprint density at radius 1 is 0.882 bits per heavy atom. The molecule has 34 heavy (non-hydrogen) atoms. The summed E-state index contributed by atoms with van der Waals surface area (Å²) in [5, 5.41) is 9.00. The molecule has 3 rings (SSSR count). The van der Waals surface area contributed by atoms with Crippen molar-refractivity contribution in [1.29, 1.82) is 0 Å². The fraction of sp³-hybridized carbons (Fsp3) is 0.290. The molecule has 0 fully saturated rings. The maximum absolute atomic E-state index is 13.4. The molecule has 0 saturated carbocycles. The minimum Gasteiger partial charge on any atom is -0.248 e. The molecule has 176 valence electrons. The van der Waals surface area contributed by atoms with Gasteiger partial charge in [-0.1, -0.05) is 91.9 Å². The van der Waals surface area contributed by atoms with E-state index >= 15 is 0 Å². The molecule has 0 aliphatic carbocycles. The summed E-state index contributed by atoms with van der Waals surface area (Å²) in [5.74, 6) is 0.175. The number of allylic oxidation sites excluding steroid dienone is 1. The third-order valence-corrected chi connectivity index (χ3v) is 5.95. The van der Waals surface area contributed by atoms with Crippen LogP contribution in [0.25, 0.3) is 0 Å². The molecule has 0 aliphatic rings. The van der Waals surface area contributed by atoms with E-state index in [1.165, 1.54) is 18.4 Å². The van der Waals surface area contributed by atoms with Gasteiger partial charge in [-0.15, -0.1) is 11.7 Å². The Morgan fingerprint density at radius 2 is 1.56 bits per heavy atom. The largest absolute Gasteiger partial charge is 0.248 e. The first-order chi connectivity index (χ1) is 16.6. The lowest BCUT2D eigenvalue weighted by molar-refractivity contribution is 0.324. The Hall–Kier alpha value is -3.33. The van der Waals surface area contributed by atoms with Crippen LogP contribution < -0.4 is 0 Å². The van der Waals surface area contributed by atoms with Crippen molar-refractivity contribution < 1.29 is 4.39 Å². The lowest BCUT2D eigenvalue weighted by Gasteiger charge is -2.13. The van der Waals surface area contributed by atoms with E-state index in [0.29, 0.717) is 6.42 Å². The zero-order chi connectivity index (χ0) is 24.2. The topological polar surface area (TPSA) is 24.7 Å². The molecule has 0 N–H and O–H groups in total. The number of hydrogen-bond donors (Lipinski definition) is 0. The third-order valence-electron chi connectivity index (χ3n) is 5.95. The standard InChI is InChI=1S/C31H35FN2/c1-4-5-6-8-11-26-14-16-27(17-15-26)23-33-34-31(29-12-9-7-10-13-29)30-20-18-28(19-21-30)24(2)22-25(3)32/h4,7,9-10,12-21,23-25H,1,5-6,8,11,22H2,2-3H3. The van der Waals surface area contributed by atoms with Gasteiger partial charge < -0.3 is 0 Å². The van der Waals surface area contributed by atoms with E-state index in [9.17, 15) is 4.39 Å². The van der Waals surface area contributed by atoms with Crippen LogP contribution in [0.15, 0.2) is 102 Å². The van der Waals surface area contributed by atoms with Crippen LogP contribution in [0.4, 0.5) is 4.39 Å². The maximum atomic E-state index is 13.4. The van der Waals surface area contributed by atoms with Crippen LogP contribution in [0.1, 0.15) is 73.3 Å². The van der Waals surface area contributed by atoms with Gasteiger partial charge in [-0.3, -0.25) is 0 Å². The highest BCUT2D eigenvalue weighted by Gasteiger charge is 2.12. The normalized spacial score (nSPS) is 13.7. The van der Waals surface area contributed by atoms with E-state index in [-0.39, 0.29) is 5.92 Å². The van der Waals surface area contributed by atoms with Crippen molar-refractivity contribution in [2.45, 2.75) is 58.0 Å². The second-order valence-electron chi connectivity index (χ2n) is 8.87. The van der Waals surface area contributed by atoms with Crippen molar-refractivity contribution in [3.8, 4) is 0 Å². The maximum Gasteiger partial charge on any atom is 0.100 e. The molecule has 2 atom stereocenters. The average molecular weight is 455 g/mol. The van der Waals surface area contributed by atoms with Crippen molar-refractivity contribution in [2.75, 3.05) is 0 Å². The Balaban J connectivity index is 1.76. The minimum absolute atomic E-state index is 0.175. The van der Waals surface area contributed by atoms with Gasteiger partial charge in [-0.05, 0) is 61.6 Å². The zero-order valence-corrected chi connectivity index (χ0v) is 20.3. The van der Waals surface area contributed by atoms with Gasteiger partial charge in [-0.25, -0.2) is 4.39 Å². The number of alkyl halides is 1. The predicted octanol–water partition coefficient (Wildman–Crippen LogP) is 8.31. The van der Waals surface area contributed by atoms with Crippen LogP contribution in [0.2, 0.25) is 0 Å². The summed E-state index contributed by atoms with van der Waals surface area (Å²) in [6, 6.07) is 26.8. The van der Waals surface area contributed by atoms with Gasteiger partial charge in [0.2, 0.25) is 0 Å². The van der Waals surface area contributed by atoms with Crippen molar-refractivity contribution in [2.24, 2.45) is 10.2 Å². The molecule has 3 aromatic rings. The summed E-state index contributed by atoms with van der Waals surface area (Å²) in [5.41, 5.74) is 6.30. The number of hydrogen-bond acceptors (Lipinski definition) is 2. The first kappa shape index (κ1) is 25.3. The van der Waals surface area contributed by atoms with E-state index in [2.05, 4.69) is 72.2 Å². The number of benzene rings is 3. The Morgan fingerprint density at radius 3 is 2.21 bits per heavy atom. The lowest BCUT2D eigenvalue weighted by Crippen LogP contribution is -2.05. The summed E-state index contributed by atoms with van der Waals surface area (Å²) >= 11 is 0. The summed E-state index contributed by atoms with van der Waals surface area (Å²) < 4.78 is 13.4. The molecule has 3 heteroatoms. The number of rotatable bonds is 12. The smallest absolute Gasteiger partial charge is 0.100 e. The number of halogens is 1. The average Bonchev–Trinajstić information content (AvgIpc) is 2.86. The highest BCUT2D eigenvalue weighted by molar-refractivity contribution is 6.13. The summed E-state index contributed by atoms with van der Waals surface area (Å²) in [6.45, 7) is 7.45. The van der Waals surface area contributed by atoms with E-state index in [4.69, 9.17) is 0 Å². The highest BCUT2D eigenvalue weighted by Crippen LogP contribution is 2.23. The summed E-state index contributed by atoms with van der Waals surface area (Å²) in [6.07, 6.45) is 8.00. The molecule has 2 unspecified atom stereocenters. The number of aryl methyl sites for hydroxylation is 1. The molecule has 3 aromatic carbocycles. The zero-order valence-electron chi connectivity index (χ0n) is 20.3. The van der Waals surface area contributed by atoms with Gasteiger partial charge in [0.1, 0.15) is 5.71 Å². The molecule has 0 radical (unpaired) electrons. The van der Waals surface area contributed by atoms with Gasteiger partial charge in [0.15, 0.2) is 0 Å². The SMILES string of the molecule is C=CCCCCc1ccc(C=NN=C(c2ccccc2)c2ccc(C(C)CC(C)F)cc2)cc1. The van der Waals surface area contributed by atoms with Crippen LogP contribution in [0.5, 0.6) is 0 Å². The van der Waals surface area contributed by atoms with Crippen LogP contribution in [-0.2, 0) is 6.42 Å². The minimum atomic E-state index is -0.809. The molecule has 0 bridgehead atoms. The molecule has 0 saturated heterocycles. The molecule has 0 aromatic heterocycles. The lowest BCUT2D eigenvalue weighted by atomic mass is 9.93. The van der Waals surface area contributed by atoms with Crippen molar-refractivity contribution in [1.82, 2.24) is 0 Å². The molecule has 0 amide bonds. The monoisotopic (exact) mass is 454 g/mol. The number of unbranched alkanes of at least 4 members (excludes halogenated alkanes) is 2. The molecule has 2 nitrogen and oxygen atoms in total. The second-order valence-corrected chi connectivity index (χ2v) is 8.87. The fourth-order valence-electron chi connectivity index (χ4n) is 4.01. The van der Waals surface area contributed by atoms with Crippen LogP contribution in [-0.4, -0.2) is 18.1 Å². The second kappa shape index (κ2) is 13.4.